The summed E-state index contributed by atoms with van der Waals surface area (Å²) in [6.45, 7) is 0. The molecular formula is C8H4Cl3IO. The topological polar surface area (TPSA) is 20.2 Å². The summed E-state index contributed by atoms with van der Waals surface area (Å²) in [6.07, 6.45) is 4.58. The lowest BCUT2D eigenvalue weighted by molar-refractivity contribution is 0.475. The Bertz CT molecular complexity index is 306. The Kier molecular flexibility index (Phi) is 6.70. The normalized spacial score (nSPS) is 8.23. The van der Waals surface area contributed by atoms with Crippen LogP contribution in [-0.4, -0.2) is 5.11 Å². The molecule has 0 atom stereocenters. The highest BCUT2D eigenvalue weighted by molar-refractivity contribution is 14.1. The van der Waals surface area contributed by atoms with Crippen LogP contribution in [0.4, 0.5) is 0 Å². The van der Waals surface area contributed by atoms with E-state index >= 15 is 0 Å². The number of phenols is 1. The molecule has 0 spiro atoms. The van der Waals surface area contributed by atoms with Crippen LogP contribution < -0.4 is 0 Å². The lowest BCUT2D eigenvalue weighted by atomic mass is 10.3. The number of rotatable bonds is 0. The molecule has 0 bridgehead atoms. The molecule has 0 fully saturated rings. The quantitative estimate of drug-likeness (QED) is 0.419. The minimum absolute atomic E-state index is 0.0592. The predicted octanol–water partition coefficient (Wildman–Crippen LogP) is 4.36. The van der Waals surface area contributed by atoms with Crippen molar-refractivity contribution in [2.45, 2.75) is 0 Å². The molecule has 0 amide bonds. The second-order valence-corrected chi connectivity index (χ2v) is 3.59. The van der Waals surface area contributed by atoms with Crippen LogP contribution in [0.25, 0.3) is 0 Å². The molecule has 1 nitrogen and oxygen atoms in total. The van der Waals surface area contributed by atoms with Crippen molar-refractivity contribution in [3.63, 3.8) is 0 Å². The summed E-state index contributed by atoms with van der Waals surface area (Å²) in [6, 6.07) is 2.86. The second-order valence-electron chi connectivity index (χ2n) is 1.80. The average molecular weight is 349 g/mol. The lowest BCUT2D eigenvalue weighted by Gasteiger charge is -1.99. The van der Waals surface area contributed by atoms with E-state index in [0.29, 0.717) is 5.02 Å². The van der Waals surface area contributed by atoms with Crippen molar-refractivity contribution >= 4 is 57.4 Å². The third-order valence-corrected chi connectivity index (χ3v) is 2.30. The molecule has 0 aliphatic rings. The van der Waals surface area contributed by atoms with Crippen LogP contribution in [0.2, 0.25) is 15.1 Å². The average Bonchev–Trinajstić information content (AvgIpc) is 2.10. The monoisotopic (exact) mass is 348 g/mol. The molecule has 1 N–H and O–H groups in total. The molecule has 0 aliphatic carbocycles. The Hall–Kier alpha value is 0.180. The van der Waals surface area contributed by atoms with E-state index in [0.717, 1.165) is 0 Å². The van der Waals surface area contributed by atoms with E-state index in [2.05, 4.69) is 10.4 Å². The van der Waals surface area contributed by atoms with Crippen LogP contribution in [-0.2, 0) is 0 Å². The number of benzene rings is 1. The smallest absolute Gasteiger partial charge is 0.135 e. The summed E-state index contributed by atoms with van der Waals surface area (Å²) in [4.78, 5) is 0. The zero-order valence-corrected chi connectivity index (χ0v) is 10.6. The third kappa shape index (κ3) is 4.28. The van der Waals surface area contributed by atoms with Gasteiger partial charge < -0.3 is 5.11 Å². The Labute approximate surface area is 105 Å². The molecular weight excluding hydrogens is 345 g/mol. The first kappa shape index (κ1) is 13.2. The highest BCUT2D eigenvalue weighted by atomic mass is 127. The minimum Gasteiger partial charge on any atom is -0.506 e. The van der Waals surface area contributed by atoms with Gasteiger partial charge in [-0.15, -0.1) is 6.42 Å². The highest BCUT2D eigenvalue weighted by Crippen LogP contribution is 2.35. The van der Waals surface area contributed by atoms with Gasteiger partial charge in [0.15, 0.2) is 0 Å². The van der Waals surface area contributed by atoms with Gasteiger partial charge in [-0.3, -0.25) is 0 Å². The van der Waals surface area contributed by atoms with Crippen molar-refractivity contribution in [2.75, 3.05) is 0 Å². The summed E-state index contributed by atoms with van der Waals surface area (Å²) in [5, 5.41) is 9.56. The first-order valence-electron chi connectivity index (χ1n) is 2.93. The van der Waals surface area contributed by atoms with Crippen molar-refractivity contribution in [3.8, 4) is 16.1 Å². The molecule has 1 aromatic carbocycles. The fourth-order valence-corrected chi connectivity index (χ4v) is 1.05. The summed E-state index contributed by atoms with van der Waals surface area (Å²) in [5.41, 5.74) is 0. The van der Waals surface area contributed by atoms with Gasteiger partial charge in [-0.25, -0.2) is 0 Å². The van der Waals surface area contributed by atoms with E-state index in [9.17, 15) is 0 Å². The number of hydrogen-bond donors (Lipinski definition) is 1. The molecule has 0 saturated carbocycles. The SMILES string of the molecule is C#CI.Oc1ccc(Cl)c(Cl)c1Cl. The molecule has 70 valence electrons. The first-order chi connectivity index (χ1) is 6.04. The van der Waals surface area contributed by atoms with E-state index < -0.39 is 0 Å². The van der Waals surface area contributed by atoms with Gasteiger partial charge in [-0.1, -0.05) is 34.8 Å². The van der Waals surface area contributed by atoms with Gasteiger partial charge in [-0.05, 0) is 16.1 Å². The van der Waals surface area contributed by atoms with E-state index in [1.165, 1.54) is 12.1 Å². The van der Waals surface area contributed by atoms with Crippen molar-refractivity contribution < 1.29 is 5.11 Å². The molecule has 0 unspecified atom stereocenters. The molecule has 0 radical (unpaired) electrons. The number of terminal acetylenes is 1. The van der Waals surface area contributed by atoms with Gasteiger partial charge in [-0.2, -0.15) is 0 Å². The molecule has 0 aliphatic heterocycles. The maximum Gasteiger partial charge on any atom is 0.135 e. The lowest BCUT2D eigenvalue weighted by Crippen LogP contribution is -1.71. The minimum atomic E-state index is -0.0592. The molecule has 0 aromatic heterocycles. The van der Waals surface area contributed by atoms with Gasteiger partial charge >= 0.3 is 0 Å². The van der Waals surface area contributed by atoms with Crippen LogP contribution in [0, 0.1) is 10.4 Å². The molecule has 0 heterocycles. The van der Waals surface area contributed by atoms with Crippen LogP contribution in [0.5, 0.6) is 5.75 Å². The Morgan fingerprint density at radius 2 is 1.69 bits per heavy atom. The molecule has 1 rings (SSSR count). The fourth-order valence-electron chi connectivity index (χ4n) is 0.516. The summed E-state index contributed by atoms with van der Waals surface area (Å²) < 4.78 is 2.22. The van der Waals surface area contributed by atoms with Crippen LogP contribution >= 0.6 is 57.4 Å². The number of hydrogen-bond acceptors (Lipinski definition) is 1. The van der Waals surface area contributed by atoms with Gasteiger partial charge in [0.25, 0.3) is 0 Å². The zero-order chi connectivity index (χ0) is 10.4. The van der Waals surface area contributed by atoms with Crippen LogP contribution in [0.15, 0.2) is 12.1 Å². The number of halogens is 4. The van der Waals surface area contributed by atoms with Crippen molar-refractivity contribution in [1.82, 2.24) is 0 Å². The van der Waals surface area contributed by atoms with Gasteiger partial charge in [0.05, 0.1) is 10.0 Å². The van der Waals surface area contributed by atoms with E-state index in [4.69, 9.17) is 39.9 Å². The largest absolute Gasteiger partial charge is 0.506 e. The van der Waals surface area contributed by atoms with E-state index in [-0.39, 0.29) is 15.8 Å². The standard InChI is InChI=1S/C6H3Cl3O.C2HI/c7-3-1-2-4(10)6(9)5(3)8;1-2-3/h1-2,10H;1H. The molecule has 0 saturated heterocycles. The maximum atomic E-state index is 8.95. The number of phenolic OH excluding ortho intramolecular Hbond substituents is 1. The predicted molar refractivity (Wildman–Crippen MR) is 66.0 cm³/mol. The Morgan fingerprint density at radius 3 is 2.08 bits per heavy atom. The summed E-state index contributed by atoms with van der Waals surface area (Å²) in [7, 11) is 0. The van der Waals surface area contributed by atoms with Crippen molar-refractivity contribution in [1.29, 1.82) is 0 Å². The highest BCUT2D eigenvalue weighted by Gasteiger charge is 2.06. The van der Waals surface area contributed by atoms with Gasteiger partial charge in [0, 0.05) is 22.6 Å². The molecule has 1 aromatic rings. The van der Waals surface area contributed by atoms with Crippen LogP contribution in [0.3, 0.4) is 0 Å². The van der Waals surface area contributed by atoms with Gasteiger partial charge in [0.1, 0.15) is 10.8 Å². The summed E-state index contributed by atoms with van der Waals surface area (Å²) >= 11 is 18.5. The second kappa shape index (κ2) is 6.61. The molecule has 13 heavy (non-hydrogen) atoms. The number of aromatic hydroxyl groups is 1. The van der Waals surface area contributed by atoms with Crippen molar-refractivity contribution in [3.05, 3.63) is 27.2 Å². The zero-order valence-electron chi connectivity index (χ0n) is 6.19. The Balaban J connectivity index is 0.000000424. The maximum absolute atomic E-state index is 8.95. The first-order valence-corrected chi connectivity index (χ1v) is 5.14. The third-order valence-electron chi connectivity index (χ3n) is 1.01. The van der Waals surface area contributed by atoms with E-state index in [1.54, 1.807) is 0 Å². The van der Waals surface area contributed by atoms with E-state index in [1.807, 2.05) is 22.6 Å². The fraction of sp³-hybridized carbons (Fsp3) is 0. The van der Waals surface area contributed by atoms with Gasteiger partial charge in [0.2, 0.25) is 0 Å². The van der Waals surface area contributed by atoms with Crippen molar-refractivity contribution in [2.24, 2.45) is 0 Å². The Morgan fingerprint density at radius 1 is 1.23 bits per heavy atom. The summed E-state index contributed by atoms with van der Waals surface area (Å²) in [5.74, 6) is -0.0592. The molecule has 5 heteroatoms. The van der Waals surface area contributed by atoms with Crippen LogP contribution in [0.1, 0.15) is 0 Å².